The number of fused-ring (bicyclic) bond motifs is 5. The first-order chi connectivity index (χ1) is 14.9. The smallest absolute Gasteiger partial charge is 0.0925 e. The van der Waals surface area contributed by atoms with Crippen LogP contribution in [-0.4, -0.2) is 20.1 Å². The van der Waals surface area contributed by atoms with Crippen molar-refractivity contribution in [3.05, 3.63) is 0 Å². The summed E-state index contributed by atoms with van der Waals surface area (Å²) in [5.41, 5.74) is 1.73. The Morgan fingerprint density at radius 3 is 2.06 bits per heavy atom. The van der Waals surface area contributed by atoms with E-state index in [4.69, 9.17) is 0 Å². The van der Waals surface area contributed by atoms with Crippen LogP contribution in [0.25, 0.3) is 0 Å². The Morgan fingerprint density at radius 1 is 0.750 bits per heavy atom. The molecular formula is C31H58N+. The molecule has 0 aliphatic heterocycles. The summed E-state index contributed by atoms with van der Waals surface area (Å²) in [6, 6.07) is 0.841. The second-order valence-corrected chi connectivity index (χ2v) is 15.0. The van der Waals surface area contributed by atoms with E-state index < -0.39 is 0 Å². The first-order valence-corrected chi connectivity index (χ1v) is 14.7. The Kier molecular flexibility index (Phi) is 6.95. The zero-order chi connectivity index (χ0) is 23.5. The maximum Gasteiger partial charge on any atom is 0.0925 e. The zero-order valence-electron chi connectivity index (χ0n) is 23.4. The molecule has 0 spiro atoms. The molecule has 0 aromatic carbocycles. The Bertz CT molecular complexity index is 649. The standard InChI is InChI=1S/C31H57N/c1-21(2)11-10-12-22(3)24-14-15-25-23-13-16-27-29(4,5)28(32(8)9)18-20-31(27,7)26(23)17-19-30(24,25)6/h21-28H,10-20H2,1-9H3/p+1. The fraction of sp³-hybridized carbons (Fsp3) is 1.00. The van der Waals surface area contributed by atoms with Gasteiger partial charge in [-0.15, -0.1) is 0 Å². The molecule has 1 heteroatoms. The van der Waals surface area contributed by atoms with Gasteiger partial charge in [0.2, 0.25) is 0 Å². The van der Waals surface area contributed by atoms with Gasteiger partial charge in [0.1, 0.15) is 0 Å². The third-order valence-corrected chi connectivity index (χ3v) is 12.5. The van der Waals surface area contributed by atoms with Crippen molar-refractivity contribution in [3.8, 4) is 0 Å². The van der Waals surface area contributed by atoms with Crippen LogP contribution in [0.15, 0.2) is 0 Å². The van der Waals surface area contributed by atoms with Crippen LogP contribution in [0, 0.1) is 57.7 Å². The lowest BCUT2D eigenvalue weighted by atomic mass is 9.40. The lowest BCUT2D eigenvalue weighted by Gasteiger charge is -2.65. The molecule has 0 amide bonds. The van der Waals surface area contributed by atoms with Crippen LogP contribution < -0.4 is 4.90 Å². The van der Waals surface area contributed by atoms with Gasteiger partial charge in [-0.05, 0) is 97.2 Å². The lowest BCUT2D eigenvalue weighted by Crippen LogP contribution is -3.12. The van der Waals surface area contributed by atoms with Crippen LogP contribution in [-0.2, 0) is 0 Å². The number of quaternary nitrogens is 1. The average molecular weight is 445 g/mol. The monoisotopic (exact) mass is 444 g/mol. The molecule has 9 unspecified atom stereocenters. The van der Waals surface area contributed by atoms with E-state index in [1.54, 1.807) is 17.7 Å². The molecule has 32 heavy (non-hydrogen) atoms. The van der Waals surface area contributed by atoms with E-state index in [1.165, 1.54) is 57.8 Å². The molecule has 0 radical (unpaired) electrons. The van der Waals surface area contributed by atoms with Gasteiger partial charge in [0.05, 0.1) is 20.1 Å². The van der Waals surface area contributed by atoms with E-state index in [0.717, 1.165) is 47.5 Å². The maximum atomic E-state index is 2.76. The van der Waals surface area contributed by atoms with Crippen molar-refractivity contribution in [2.45, 2.75) is 125 Å². The lowest BCUT2D eigenvalue weighted by molar-refractivity contribution is -0.897. The minimum absolute atomic E-state index is 0.487. The average Bonchev–Trinajstić information content (AvgIpc) is 3.04. The predicted molar refractivity (Wildman–Crippen MR) is 139 cm³/mol. The van der Waals surface area contributed by atoms with E-state index in [0.29, 0.717) is 16.2 Å². The summed E-state index contributed by atoms with van der Waals surface area (Å²) in [5.74, 6) is 6.79. The van der Waals surface area contributed by atoms with Gasteiger partial charge in [-0.1, -0.05) is 67.7 Å². The topological polar surface area (TPSA) is 4.44 Å². The molecule has 4 aliphatic rings. The van der Waals surface area contributed by atoms with Gasteiger partial charge >= 0.3 is 0 Å². The third-order valence-electron chi connectivity index (χ3n) is 12.5. The number of hydrogen-bond donors (Lipinski definition) is 1. The van der Waals surface area contributed by atoms with Crippen LogP contribution in [0.2, 0.25) is 0 Å². The summed E-state index contributed by atoms with van der Waals surface area (Å²) in [6.45, 7) is 18.2. The van der Waals surface area contributed by atoms with Crippen LogP contribution in [0.1, 0.15) is 119 Å². The summed E-state index contributed by atoms with van der Waals surface area (Å²) in [5, 5.41) is 0. The normalized spacial score (nSPS) is 46.6. The summed E-state index contributed by atoms with van der Waals surface area (Å²) in [6.07, 6.45) is 16.5. The molecule has 4 rings (SSSR count). The molecule has 0 heterocycles. The minimum atomic E-state index is 0.487. The molecule has 9 atom stereocenters. The number of rotatable bonds is 6. The first-order valence-electron chi connectivity index (χ1n) is 14.7. The van der Waals surface area contributed by atoms with Crippen LogP contribution in [0.5, 0.6) is 0 Å². The van der Waals surface area contributed by atoms with Crippen LogP contribution in [0.4, 0.5) is 0 Å². The van der Waals surface area contributed by atoms with Crippen LogP contribution in [0.3, 0.4) is 0 Å². The summed E-state index contributed by atoms with van der Waals surface area (Å²) < 4.78 is 0. The Morgan fingerprint density at radius 2 is 1.41 bits per heavy atom. The SMILES string of the molecule is CC(C)CCCC(C)C1CCC2C3CCC4C(C)(C)C([NH+](C)C)CCC4(C)C3CCC12C. The maximum absolute atomic E-state index is 2.76. The fourth-order valence-electron chi connectivity index (χ4n) is 11.2. The highest BCUT2D eigenvalue weighted by Crippen LogP contribution is 2.70. The van der Waals surface area contributed by atoms with Gasteiger partial charge in [-0.3, -0.25) is 0 Å². The van der Waals surface area contributed by atoms with Gasteiger partial charge in [-0.2, -0.15) is 0 Å². The molecule has 0 bridgehead atoms. The molecule has 0 aromatic rings. The van der Waals surface area contributed by atoms with Crippen molar-refractivity contribution < 1.29 is 4.90 Å². The molecule has 186 valence electrons. The summed E-state index contributed by atoms with van der Waals surface area (Å²) >= 11 is 0. The largest absolute Gasteiger partial charge is 0.337 e. The highest BCUT2D eigenvalue weighted by Gasteiger charge is 2.64. The first kappa shape index (κ1) is 25.1. The van der Waals surface area contributed by atoms with Gasteiger partial charge < -0.3 is 4.90 Å². The molecule has 0 aromatic heterocycles. The summed E-state index contributed by atoms with van der Waals surface area (Å²) in [7, 11) is 4.82. The van der Waals surface area contributed by atoms with Crippen molar-refractivity contribution in [3.63, 3.8) is 0 Å². The van der Waals surface area contributed by atoms with E-state index in [1.807, 2.05) is 0 Å². The summed E-state index contributed by atoms with van der Waals surface area (Å²) in [4.78, 5) is 1.69. The molecule has 4 aliphatic carbocycles. The number of nitrogens with one attached hydrogen (secondary N) is 1. The molecule has 1 nitrogen and oxygen atoms in total. The third kappa shape index (κ3) is 3.93. The second-order valence-electron chi connectivity index (χ2n) is 15.0. The zero-order valence-corrected chi connectivity index (χ0v) is 23.4. The highest BCUT2D eigenvalue weighted by molar-refractivity contribution is 5.12. The second kappa shape index (κ2) is 8.87. The highest BCUT2D eigenvalue weighted by atomic mass is 15.1. The Hall–Kier alpha value is -0.0400. The molecule has 4 fully saturated rings. The fourth-order valence-corrected chi connectivity index (χ4v) is 11.2. The Labute approximate surface area is 201 Å². The van der Waals surface area contributed by atoms with Crippen molar-refractivity contribution in [1.82, 2.24) is 0 Å². The minimum Gasteiger partial charge on any atom is -0.337 e. The van der Waals surface area contributed by atoms with Crippen molar-refractivity contribution in [2.24, 2.45) is 57.7 Å². The van der Waals surface area contributed by atoms with E-state index >= 15 is 0 Å². The molecular weight excluding hydrogens is 386 g/mol. The van der Waals surface area contributed by atoms with Gasteiger partial charge in [0.25, 0.3) is 0 Å². The molecule has 4 saturated carbocycles. The predicted octanol–water partition coefficient (Wildman–Crippen LogP) is 7.26. The molecule has 1 N–H and O–H groups in total. The molecule has 0 saturated heterocycles. The quantitative estimate of drug-likeness (QED) is 0.440. The van der Waals surface area contributed by atoms with Crippen molar-refractivity contribution in [2.75, 3.05) is 14.1 Å². The van der Waals surface area contributed by atoms with E-state index in [2.05, 4.69) is 62.6 Å². The van der Waals surface area contributed by atoms with Gasteiger partial charge in [0, 0.05) is 11.8 Å². The van der Waals surface area contributed by atoms with Crippen molar-refractivity contribution >= 4 is 0 Å². The van der Waals surface area contributed by atoms with Crippen LogP contribution >= 0.6 is 0 Å². The van der Waals surface area contributed by atoms with E-state index in [-0.39, 0.29) is 0 Å². The van der Waals surface area contributed by atoms with E-state index in [9.17, 15) is 0 Å². The van der Waals surface area contributed by atoms with Crippen molar-refractivity contribution in [1.29, 1.82) is 0 Å². The van der Waals surface area contributed by atoms with Gasteiger partial charge in [0.15, 0.2) is 0 Å². The Balaban J connectivity index is 1.50. The number of hydrogen-bond acceptors (Lipinski definition) is 0. The van der Waals surface area contributed by atoms with Gasteiger partial charge in [-0.25, -0.2) is 0 Å².